The number of aryl methyl sites for hydroxylation is 1. The van der Waals surface area contributed by atoms with Gasteiger partial charge in [0.05, 0.1) is 19.6 Å². The summed E-state index contributed by atoms with van der Waals surface area (Å²) < 4.78 is 52.5. The van der Waals surface area contributed by atoms with Gasteiger partial charge in [-0.05, 0) is 24.3 Å². The molecule has 2 heterocycles. The molecule has 3 rings (SSSR count). The van der Waals surface area contributed by atoms with Crippen LogP contribution in [0, 0.1) is 0 Å². The highest BCUT2D eigenvalue weighted by Crippen LogP contribution is 2.30. The number of ether oxygens (including phenoxy) is 2. The summed E-state index contributed by atoms with van der Waals surface area (Å²) >= 11 is 0. The van der Waals surface area contributed by atoms with Gasteiger partial charge in [0.15, 0.2) is 0 Å². The number of carbonyl (C=O) groups is 1. The number of benzene rings is 1. The van der Waals surface area contributed by atoms with Gasteiger partial charge in [0.1, 0.15) is 17.4 Å². The average molecular weight is 343 g/mol. The van der Waals surface area contributed by atoms with Crippen molar-refractivity contribution in [3.63, 3.8) is 0 Å². The number of hydrogen-bond acceptors (Lipinski definition) is 4. The lowest BCUT2D eigenvalue weighted by Crippen LogP contribution is -2.25. The molecule has 24 heavy (non-hydrogen) atoms. The molecule has 8 heteroatoms. The molecule has 0 spiro atoms. The quantitative estimate of drug-likeness (QED) is 0.826. The minimum absolute atomic E-state index is 0.213. The second kappa shape index (κ2) is 6.35. The van der Waals surface area contributed by atoms with Crippen LogP contribution in [0.1, 0.15) is 12.2 Å². The third-order valence-corrected chi connectivity index (χ3v) is 3.74. The zero-order valence-corrected chi connectivity index (χ0v) is 12.9. The van der Waals surface area contributed by atoms with Crippen molar-refractivity contribution in [3.05, 3.63) is 30.0 Å². The van der Waals surface area contributed by atoms with E-state index in [-0.39, 0.29) is 18.3 Å². The first kappa shape index (κ1) is 16.6. The molecule has 1 amide bonds. The number of fused-ring (bicyclic) bond motifs is 1. The van der Waals surface area contributed by atoms with Gasteiger partial charge in [-0.15, -0.1) is 0 Å². The number of nitrogens with zero attached hydrogens (tertiary/aromatic N) is 1. The van der Waals surface area contributed by atoms with Gasteiger partial charge >= 0.3 is 12.3 Å². The number of hydrogen-bond donors (Lipinski definition) is 0. The van der Waals surface area contributed by atoms with Gasteiger partial charge in [-0.1, -0.05) is 0 Å². The number of amides is 1. The number of methoxy groups -OCH3 is 1. The van der Waals surface area contributed by atoms with Crippen LogP contribution in [-0.4, -0.2) is 38.6 Å². The Labute approximate surface area is 135 Å². The highest BCUT2D eigenvalue weighted by molar-refractivity contribution is 5.93. The van der Waals surface area contributed by atoms with Crippen molar-refractivity contribution in [2.45, 2.75) is 25.1 Å². The molecular formula is C16H16F3NO4. The van der Waals surface area contributed by atoms with Crippen LogP contribution >= 0.6 is 0 Å². The van der Waals surface area contributed by atoms with Crippen LogP contribution in [-0.2, 0) is 15.9 Å². The molecule has 0 unspecified atom stereocenters. The fourth-order valence-corrected chi connectivity index (χ4v) is 2.65. The molecule has 5 nitrogen and oxygen atoms in total. The number of carbonyl (C=O) groups excluding carboxylic acids is 1. The molecule has 0 saturated carbocycles. The van der Waals surface area contributed by atoms with Crippen molar-refractivity contribution in [2.24, 2.45) is 0 Å². The lowest BCUT2D eigenvalue weighted by atomic mass is 10.2. The minimum atomic E-state index is -4.22. The maximum atomic E-state index is 12.3. The second-order valence-corrected chi connectivity index (χ2v) is 5.62. The Kier molecular flexibility index (Phi) is 4.40. The lowest BCUT2D eigenvalue weighted by molar-refractivity contribution is -0.134. The van der Waals surface area contributed by atoms with E-state index in [0.29, 0.717) is 29.8 Å². The Hall–Kier alpha value is -2.22. The second-order valence-electron chi connectivity index (χ2n) is 5.62. The largest absolute Gasteiger partial charge is 0.461 e. The molecule has 130 valence electrons. The van der Waals surface area contributed by atoms with Crippen molar-refractivity contribution < 1.29 is 31.9 Å². The molecule has 0 N–H and O–H groups in total. The monoisotopic (exact) mass is 343 g/mol. The molecule has 1 aromatic heterocycles. The van der Waals surface area contributed by atoms with E-state index < -0.39 is 18.7 Å². The van der Waals surface area contributed by atoms with Crippen LogP contribution in [0.3, 0.4) is 0 Å². The smallest absolute Gasteiger partial charge is 0.414 e. The summed E-state index contributed by atoms with van der Waals surface area (Å²) in [6.07, 6.45) is -6.19. The summed E-state index contributed by atoms with van der Waals surface area (Å²) in [6, 6.07) is 6.58. The van der Waals surface area contributed by atoms with E-state index in [1.54, 1.807) is 24.3 Å². The van der Waals surface area contributed by atoms with Crippen molar-refractivity contribution in [3.8, 4) is 0 Å². The lowest BCUT2D eigenvalue weighted by Gasteiger charge is -2.12. The van der Waals surface area contributed by atoms with E-state index in [4.69, 9.17) is 13.9 Å². The number of rotatable bonds is 5. The summed E-state index contributed by atoms with van der Waals surface area (Å²) in [5.41, 5.74) is 1.09. The van der Waals surface area contributed by atoms with E-state index in [0.717, 1.165) is 0 Å². The first-order valence-corrected chi connectivity index (χ1v) is 7.42. The zero-order valence-electron chi connectivity index (χ0n) is 12.9. The Balaban J connectivity index is 1.77. The molecule has 2 aromatic rings. The van der Waals surface area contributed by atoms with Gasteiger partial charge < -0.3 is 13.9 Å². The summed E-state index contributed by atoms with van der Waals surface area (Å²) in [5, 5.41) is 0.646. The number of cyclic esters (lactones) is 1. The van der Waals surface area contributed by atoms with Crippen LogP contribution in [0.15, 0.2) is 28.7 Å². The predicted molar refractivity (Wildman–Crippen MR) is 80.1 cm³/mol. The van der Waals surface area contributed by atoms with Crippen LogP contribution < -0.4 is 4.90 Å². The topological polar surface area (TPSA) is 51.9 Å². The summed E-state index contributed by atoms with van der Waals surface area (Å²) in [4.78, 5) is 13.4. The third-order valence-electron chi connectivity index (χ3n) is 3.74. The van der Waals surface area contributed by atoms with Crippen molar-refractivity contribution in [1.29, 1.82) is 0 Å². The Morgan fingerprint density at radius 1 is 1.33 bits per heavy atom. The average Bonchev–Trinajstić information content (AvgIpc) is 3.07. The summed E-state index contributed by atoms with van der Waals surface area (Å²) in [5.74, 6) is 0.265. The van der Waals surface area contributed by atoms with Crippen molar-refractivity contribution in [2.75, 3.05) is 25.2 Å². The van der Waals surface area contributed by atoms with Crippen LogP contribution in [0.5, 0.6) is 0 Å². The number of anilines is 1. The summed E-state index contributed by atoms with van der Waals surface area (Å²) in [7, 11) is 1.52. The fourth-order valence-electron chi connectivity index (χ4n) is 2.65. The molecule has 0 radical (unpaired) electrons. The van der Waals surface area contributed by atoms with Crippen LogP contribution in [0.25, 0.3) is 11.0 Å². The van der Waals surface area contributed by atoms with Gasteiger partial charge in [0.2, 0.25) is 0 Å². The molecular weight excluding hydrogens is 327 g/mol. The van der Waals surface area contributed by atoms with E-state index in [1.807, 2.05) is 0 Å². The number of halogens is 3. The molecule has 0 aliphatic carbocycles. The van der Waals surface area contributed by atoms with Crippen molar-refractivity contribution >= 4 is 22.7 Å². The van der Waals surface area contributed by atoms with E-state index >= 15 is 0 Å². The van der Waals surface area contributed by atoms with Gasteiger partial charge in [0, 0.05) is 24.6 Å². The Morgan fingerprint density at radius 2 is 2.12 bits per heavy atom. The first-order valence-electron chi connectivity index (χ1n) is 7.42. The fraction of sp³-hybridized carbons (Fsp3) is 0.438. The minimum Gasteiger partial charge on any atom is -0.461 e. The molecule has 1 saturated heterocycles. The van der Waals surface area contributed by atoms with Gasteiger partial charge in [-0.3, -0.25) is 4.90 Å². The zero-order chi connectivity index (χ0) is 17.3. The molecule has 1 aliphatic heterocycles. The number of furan rings is 1. The van der Waals surface area contributed by atoms with E-state index in [2.05, 4.69) is 0 Å². The highest BCUT2D eigenvalue weighted by Gasteiger charge is 2.32. The van der Waals surface area contributed by atoms with Crippen LogP contribution in [0.2, 0.25) is 0 Å². The third kappa shape index (κ3) is 3.64. The molecule has 1 atom stereocenters. The molecule has 1 aliphatic rings. The van der Waals surface area contributed by atoms with Gasteiger partial charge in [-0.2, -0.15) is 13.2 Å². The van der Waals surface area contributed by atoms with Gasteiger partial charge in [0.25, 0.3) is 0 Å². The summed E-state index contributed by atoms with van der Waals surface area (Å²) in [6.45, 7) is 0.661. The SMILES string of the molecule is COC[C@@H]1CN(c2ccc3oc(CCC(F)(F)F)cc3c2)C(=O)O1. The normalized spacial score (nSPS) is 18.4. The maximum Gasteiger partial charge on any atom is 0.414 e. The van der Waals surface area contributed by atoms with Crippen LogP contribution in [0.4, 0.5) is 23.7 Å². The van der Waals surface area contributed by atoms with E-state index in [1.165, 1.54) is 12.0 Å². The van der Waals surface area contributed by atoms with Crippen molar-refractivity contribution in [1.82, 2.24) is 0 Å². The maximum absolute atomic E-state index is 12.3. The Bertz CT molecular complexity index is 740. The standard InChI is InChI=1S/C16H16F3NO4/c1-22-9-13-8-20(15(21)24-13)11-2-3-14-10(6-11)7-12(23-14)4-5-16(17,18)19/h2-3,6-7,13H,4-5,8-9H2,1H3/t13-/m0/s1. The van der Waals surface area contributed by atoms with Gasteiger partial charge in [-0.25, -0.2) is 4.79 Å². The first-order chi connectivity index (χ1) is 11.4. The Morgan fingerprint density at radius 3 is 2.83 bits per heavy atom. The van der Waals surface area contributed by atoms with E-state index in [9.17, 15) is 18.0 Å². The number of alkyl halides is 3. The molecule has 1 aromatic carbocycles. The molecule has 1 fully saturated rings. The highest BCUT2D eigenvalue weighted by atomic mass is 19.4. The predicted octanol–water partition coefficient (Wildman–Crippen LogP) is 3.90. The molecule has 0 bridgehead atoms.